The smallest absolute Gasteiger partial charge is 0.324 e. The van der Waals surface area contributed by atoms with Gasteiger partial charge in [-0.3, -0.25) is 9.79 Å². The normalized spacial score (nSPS) is 15.6. The number of carbonyl (C=O) groups excluding carboxylic acids is 1. The van der Waals surface area contributed by atoms with E-state index in [2.05, 4.69) is 9.71 Å². The second-order valence-corrected chi connectivity index (χ2v) is 10.5. The molecule has 0 saturated heterocycles. The number of carbonyl (C=O) groups is 1. The van der Waals surface area contributed by atoms with Gasteiger partial charge < -0.3 is 4.74 Å². The van der Waals surface area contributed by atoms with E-state index in [0.29, 0.717) is 6.42 Å². The molecule has 0 bridgehead atoms. The molecule has 1 aliphatic rings. The first-order valence-electron chi connectivity index (χ1n) is 8.89. The van der Waals surface area contributed by atoms with Gasteiger partial charge in [-0.25, -0.2) is 8.42 Å². The minimum atomic E-state index is -3.80. The standard InChI is InChI=1S/C18H26N2O4S3/c1-4-24-17(21)16(11-13(2)3)20-27(22,23)15-7-5-14(6-8-15)12-26-18-19-9-10-25-18/h5-8,13,16,20H,4,9-12H2,1-3H3/t16-/m0/s1. The number of rotatable bonds is 9. The van der Waals surface area contributed by atoms with Crippen LogP contribution < -0.4 is 4.72 Å². The van der Waals surface area contributed by atoms with Crippen LogP contribution in [0.25, 0.3) is 0 Å². The van der Waals surface area contributed by atoms with Crippen LogP contribution in [0.2, 0.25) is 0 Å². The highest BCUT2D eigenvalue weighted by Gasteiger charge is 2.27. The quantitative estimate of drug-likeness (QED) is 0.605. The van der Waals surface area contributed by atoms with Gasteiger partial charge in [0.2, 0.25) is 10.0 Å². The highest BCUT2D eigenvalue weighted by atomic mass is 32.2. The Morgan fingerprint density at radius 1 is 1.33 bits per heavy atom. The number of hydrogen-bond acceptors (Lipinski definition) is 7. The Labute approximate surface area is 170 Å². The van der Waals surface area contributed by atoms with Gasteiger partial charge in [-0.2, -0.15) is 4.72 Å². The lowest BCUT2D eigenvalue weighted by atomic mass is 10.1. The van der Waals surface area contributed by atoms with Crippen molar-refractivity contribution >= 4 is 43.9 Å². The molecule has 0 unspecified atom stereocenters. The minimum Gasteiger partial charge on any atom is -0.465 e. The third-order valence-corrected chi connectivity index (χ3v) is 7.54. The lowest BCUT2D eigenvalue weighted by Crippen LogP contribution is -2.42. The Hall–Kier alpha value is -1.03. The summed E-state index contributed by atoms with van der Waals surface area (Å²) < 4.78 is 33.9. The summed E-state index contributed by atoms with van der Waals surface area (Å²) in [6.07, 6.45) is 0.382. The van der Waals surface area contributed by atoms with Crippen LogP contribution in [0.15, 0.2) is 34.2 Å². The Kier molecular flexibility index (Phi) is 8.65. The van der Waals surface area contributed by atoms with E-state index in [0.717, 1.165) is 28.0 Å². The summed E-state index contributed by atoms with van der Waals surface area (Å²) in [5, 5.41) is 0. The van der Waals surface area contributed by atoms with Gasteiger partial charge in [0.25, 0.3) is 0 Å². The highest BCUT2D eigenvalue weighted by molar-refractivity contribution is 8.38. The molecular weight excluding hydrogens is 404 g/mol. The van der Waals surface area contributed by atoms with Gasteiger partial charge in [-0.1, -0.05) is 49.5 Å². The van der Waals surface area contributed by atoms with Crippen LogP contribution in [0.4, 0.5) is 0 Å². The molecule has 1 heterocycles. The molecule has 1 atom stereocenters. The second kappa shape index (κ2) is 10.5. The summed E-state index contributed by atoms with van der Waals surface area (Å²) in [5.41, 5.74) is 1.03. The second-order valence-electron chi connectivity index (χ2n) is 6.48. The Morgan fingerprint density at radius 2 is 2.04 bits per heavy atom. The highest BCUT2D eigenvalue weighted by Crippen LogP contribution is 2.25. The molecule has 0 fully saturated rings. The number of ether oxygens (including phenoxy) is 1. The number of nitrogens with one attached hydrogen (secondary N) is 1. The maximum atomic E-state index is 12.7. The van der Waals surface area contributed by atoms with E-state index >= 15 is 0 Å². The van der Waals surface area contributed by atoms with E-state index in [4.69, 9.17) is 4.74 Å². The predicted molar refractivity (Wildman–Crippen MR) is 113 cm³/mol. The summed E-state index contributed by atoms with van der Waals surface area (Å²) in [6.45, 7) is 6.64. The van der Waals surface area contributed by atoms with E-state index in [-0.39, 0.29) is 17.4 Å². The molecule has 0 saturated carbocycles. The van der Waals surface area contributed by atoms with Gasteiger partial charge in [-0.05, 0) is 37.0 Å². The molecule has 27 heavy (non-hydrogen) atoms. The van der Waals surface area contributed by atoms with Gasteiger partial charge in [0.15, 0.2) is 0 Å². The zero-order chi connectivity index (χ0) is 19.9. The van der Waals surface area contributed by atoms with Crippen molar-refractivity contribution < 1.29 is 17.9 Å². The average Bonchev–Trinajstić information content (AvgIpc) is 3.13. The molecule has 150 valence electrons. The van der Waals surface area contributed by atoms with Crippen LogP contribution in [0, 0.1) is 5.92 Å². The summed E-state index contributed by atoms with van der Waals surface area (Å²) in [5.74, 6) is 1.39. The lowest BCUT2D eigenvalue weighted by molar-refractivity contribution is -0.145. The molecule has 0 amide bonds. The van der Waals surface area contributed by atoms with Crippen LogP contribution in [0.5, 0.6) is 0 Å². The van der Waals surface area contributed by atoms with Gasteiger partial charge >= 0.3 is 5.97 Å². The van der Waals surface area contributed by atoms with E-state index in [1.54, 1.807) is 54.7 Å². The molecule has 0 spiro atoms. The molecular formula is C18H26N2O4S3. The van der Waals surface area contributed by atoms with Gasteiger partial charge in [0.1, 0.15) is 10.4 Å². The average molecular weight is 431 g/mol. The molecule has 1 aromatic carbocycles. The van der Waals surface area contributed by atoms with Crippen LogP contribution in [-0.4, -0.2) is 43.7 Å². The fraction of sp³-hybridized carbons (Fsp3) is 0.556. The molecule has 9 heteroatoms. The van der Waals surface area contributed by atoms with Gasteiger partial charge in [0, 0.05) is 11.5 Å². The van der Waals surface area contributed by atoms with Crippen molar-refractivity contribution in [2.45, 2.75) is 43.9 Å². The monoisotopic (exact) mass is 430 g/mol. The van der Waals surface area contributed by atoms with Crippen molar-refractivity contribution in [1.82, 2.24) is 4.72 Å². The number of esters is 1. The van der Waals surface area contributed by atoms with Crippen molar-refractivity contribution in [3.8, 4) is 0 Å². The largest absolute Gasteiger partial charge is 0.465 e. The zero-order valence-electron chi connectivity index (χ0n) is 15.8. The van der Waals surface area contributed by atoms with Crippen LogP contribution in [0.3, 0.4) is 0 Å². The SMILES string of the molecule is CCOC(=O)[C@H](CC(C)C)NS(=O)(=O)c1ccc(CSC2=NCCS2)cc1. The van der Waals surface area contributed by atoms with Crippen molar-refractivity contribution in [3.05, 3.63) is 29.8 Å². The number of sulfonamides is 1. The maximum absolute atomic E-state index is 12.7. The van der Waals surface area contributed by atoms with Crippen LogP contribution >= 0.6 is 23.5 Å². The molecule has 1 N–H and O–H groups in total. The Bertz CT molecular complexity index is 761. The first-order valence-corrected chi connectivity index (χ1v) is 12.3. The van der Waals surface area contributed by atoms with Gasteiger partial charge in [0.05, 0.1) is 18.0 Å². The van der Waals surface area contributed by atoms with Crippen molar-refractivity contribution in [2.75, 3.05) is 18.9 Å². The molecule has 6 nitrogen and oxygen atoms in total. The molecule has 0 aromatic heterocycles. The van der Waals surface area contributed by atoms with Crippen molar-refractivity contribution in [1.29, 1.82) is 0 Å². The fourth-order valence-electron chi connectivity index (χ4n) is 2.47. The number of aliphatic imine (C=N–C) groups is 1. The molecule has 1 aromatic rings. The van der Waals surface area contributed by atoms with Crippen molar-refractivity contribution in [2.24, 2.45) is 10.9 Å². The number of thioether (sulfide) groups is 2. The summed E-state index contributed by atoms with van der Waals surface area (Å²) >= 11 is 3.41. The first-order chi connectivity index (χ1) is 12.8. The minimum absolute atomic E-state index is 0.141. The number of nitrogens with zero attached hydrogens (tertiary/aromatic N) is 1. The van der Waals surface area contributed by atoms with E-state index < -0.39 is 22.0 Å². The molecule has 0 aliphatic carbocycles. The fourth-order valence-corrected chi connectivity index (χ4v) is 5.64. The third kappa shape index (κ3) is 7.14. The van der Waals surface area contributed by atoms with E-state index in [9.17, 15) is 13.2 Å². The summed E-state index contributed by atoms with van der Waals surface area (Å²) in [6, 6.07) is 5.84. The third-order valence-electron chi connectivity index (χ3n) is 3.73. The Balaban J connectivity index is 2.03. The van der Waals surface area contributed by atoms with Gasteiger partial charge in [-0.15, -0.1) is 0 Å². The molecule has 1 aliphatic heterocycles. The molecule has 0 radical (unpaired) electrons. The zero-order valence-corrected chi connectivity index (χ0v) is 18.3. The predicted octanol–water partition coefficient (Wildman–Crippen LogP) is 3.28. The lowest BCUT2D eigenvalue weighted by Gasteiger charge is -2.19. The van der Waals surface area contributed by atoms with Crippen LogP contribution in [-0.2, 0) is 25.3 Å². The Morgan fingerprint density at radius 3 is 2.59 bits per heavy atom. The van der Waals surface area contributed by atoms with Crippen LogP contribution in [0.1, 0.15) is 32.8 Å². The van der Waals surface area contributed by atoms with E-state index in [1.807, 2.05) is 13.8 Å². The summed E-state index contributed by atoms with van der Waals surface area (Å²) in [7, 11) is -3.80. The topological polar surface area (TPSA) is 84.8 Å². The first kappa shape index (κ1) is 22.3. The molecule has 2 rings (SSSR count). The maximum Gasteiger partial charge on any atom is 0.324 e. The summed E-state index contributed by atoms with van der Waals surface area (Å²) in [4.78, 5) is 16.6. The van der Waals surface area contributed by atoms with E-state index in [1.165, 1.54) is 0 Å². The van der Waals surface area contributed by atoms with Crippen molar-refractivity contribution in [3.63, 3.8) is 0 Å². The number of benzene rings is 1. The number of hydrogen-bond donors (Lipinski definition) is 1.